The second kappa shape index (κ2) is 4.97. The van der Waals surface area contributed by atoms with Gasteiger partial charge in [0.1, 0.15) is 0 Å². The summed E-state index contributed by atoms with van der Waals surface area (Å²) in [5, 5.41) is 7.01. The van der Waals surface area contributed by atoms with E-state index in [-0.39, 0.29) is 0 Å². The molecule has 0 aromatic carbocycles. The van der Waals surface area contributed by atoms with Crippen molar-refractivity contribution in [2.24, 2.45) is 0 Å². The first-order chi connectivity index (χ1) is 7.48. The highest BCUT2D eigenvalue weighted by atomic mass is 32.2. The fourth-order valence-electron chi connectivity index (χ4n) is 1.69. The smallest absolute Gasteiger partial charge is 0.211 e. The van der Waals surface area contributed by atoms with Crippen molar-refractivity contribution < 1.29 is 8.42 Å². The van der Waals surface area contributed by atoms with Gasteiger partial charge in [-0.1, -0.05) is 13.8 Å². The fourth-order valence-corrected chi connectivity index (χ4v) is 2.47. The van der Waals surface area contributed by atoms with Crippen LogP contribution in [0.4, 0.5) is 0 Å². The Labute approximate surface area is 96.9 Å². The topological polar surface area (TPSA) is 66.1 Å². The van der Waals surface area contributed by atoms with E-state index < -0.39 is 10.0 Å². The van der Waals surface area contributed by atoms with Crippen LogP contribution in [0, 0.1) is 6.92 Å². The Morgan fingerprint density at radius 2 is 2.00 bits per heavy atom. The van der Waals surface area contributed by atoms with Crippen LogP contribution in [0.5, 0.6) is 0 Å². The Morgan fingerprint density at radius 1 is 1.38 bits per heavy atom. The zero-order chi connectivity index (χ0) is 12.3. The highest BCUT2D eigenvalue weighted by Gasteiger charge is 2.25. The summed E-state index contributed by atoms with van der Waals surface area (Å²) >= 11 is 0. The molecule has 0 atom stereocenters. The fraction of sp³-hybridized carbons (Fsp3) is 0.700. The molecule has 2 heterocycles. The first kappa shape index (κ1) is 13.2. The molecule has 0 saturated carbocycles. The molecular formula is C10H19N3O2S. The Balaban J connectivity index is 0.000000606. The van der Waals surface area contributed by atoms with Gasteiger partial charge in [0.2, 0.25) is 10.0 Å². The number of fused-ring (bicyclic) bond motifs is 1. The van der Waals surface area contributed by atoms with E-state index >= 15 is 0 Å². The first-order valence-corrected chi connectivity index (χ1v) is 7.31. The molecule has 0 aliphatic carbocycles. The lowest BCUT2D eigenvalue weighted by Gasteiger charge is -2.24. The van der Waals surface area contributed by atoms with Gasteiger partial charge in [-0.25, -0.2) is 8.42 Å². The maximum absolute atomic E-state index is 11.3. The third-order valence-electron chi connectivity index (χ3n) is 2.56. The van der Waals surface area contributed by atoms with E-state index in [2.05, 4.69) is 10.2 Å². The van der Waals surface area contributed by atoms with E-state index in [1.165, 1.54) is 10.6 Å². The van der Waals surface area contributed by atoms with Crippen LogP contribution in [0.3, 0.4) is 0 Å². The number of nitrogens with one attached hydrogen (secondary N) is 1. The van der Waals surface area contributed by atoms with Crippen molar-refractivity contribution in [2.45, 2.75) is 33.7 Å². The largest absolute Gasteiger partial charge is 0.282 e. The number of hydrogen-bond acceptors (Lipinski definition) is 3. The van der Waals surface area contributed by atoms with Crippen LogP contribution in [0.25, 0.3) is 0 Å². The second-order valence-corrected chi connectivity index (χ2v) is 5.60. The van der Waals surface area contributed by atoms with Gasteiger partial charge >= 0.3 is 0 Å². The molecule has 92 valence electrons. The van der Waals surface area contributed by atoms with Gasteiger partial charge in [-0.3, -0.25) is 5.10 Å². The molecule has 0 bridgehead atoms. The monoisotopic (exact) mass is 245 g/mol. The van der Waals surface area contributed by atoms with Crippen LogP contribution in [0.1, 0.15) is 30.8 Å². The lowest BCUT2D eigenvalue weighted by Crippen LogP contribution is -2.35. The number of nitrogens with zero attached hydrogens (tertiary/aromatic N) is 2. The average molecular weight is 245 g/mol. The third kappa shape index (κ3) is 2.62. The highest BCUT2D eigenvalue weighted by molar-refractivity contribution is 7.88. The number of aryl methyl sites for hydroxylation is 1. The summed E-state index contributed by atoms with van der Waals surface area (Å²) in [4.78, 5) is 0. The zero-order valence-corrected chi connectivity index (χ0v) is 11.1. The molecule has 2 rings (SSSR count). The Kier molecular flexibility index (Phi) is 4.09. The lowest BCUT2D eigenvalue weighted by molar-refractivity contribution is 0.393. The number of rotatable bonds is 1. The van der Waals surface area contributed by atoms with Crippen LogP contribution in [0.2, 0.25) is 0 Å². The number of hydrogen-bond donors (Lipinski definition) is 1. The van der Waals surface area contributed by atoms with Crippen LogP contribution in [0.15, 0.2) is 0 Å². The SMILES string of the molecule is CC.Cc1[nH]nc2c1CN(S(C)(=O)=O)CC2. The number of H-pyrrole nitrogens is 1. The van der Waals surface area contributed by atoms with Crippen molar-refractivity contribution in [1.29, 1.82) is 0 Å². The van der Waals surface area contributed by atoms with E-state index in [1.807, 2.05) is 20.8 Å². The summed E-state index contributed by atoms with van der Waals surface area (Å²) in [6.07, 6.45) is 1.94. The summed E-state index contributed by atoms with van der Waals surface area (Å²) in [5.74, 6) is 0. The van der Waals surface area contributed by atoms with Crippen molar-refractivity contribution in [3.8, 4) is 0 Å². The molecule has 0 amide bonds. The van der Waals surface area contributed by atoms with Gasteiger partial charge in [-0.05, 0) is 6.92 Å². The summed E-state index contributed by atoms with van der Waals surface area (Å²) in [6, 6.07) is 0. The van der Waals surface area contributed by atoms with E-state index in [4.69, 9.17) is 0 Å². The molecule has 5 nitrogen and oxygen atoms in total. The zero-order valence-electron chi connectivity index (χ0n) is 10.2. The lowest BCUT2D eigenvalue weighted by atomic mass is 10.1. The Bertz CT molecular complexity index is 451. The highest BCUT2D eigenvalue weighted by Crippen LogP contribution is 2.20. The van der Waals surface area contributed by atoms with Gasteiger partial charge in [-0.2, -0.15) is 9.40 Å². The predicted molar refractivity (Wildman–Crippen MR) is 63.6 cm³/mol. The van der Waals surface area contributed by atoms with Crippen molar-refractivity contribution in [1.82, 2.24) is 14.5 Å². The normalized spacial score (nSPS) is 16.2. The van der Waals surface area contributed by atoms with Crippen molar-refractivity contribution >= 4 is 10.0 Å². The van der Waals surface area contributed by atoms with Crippen LogP contribution in [-0.2, 0) is 23.0 Å². The van der Waals surface area contributed by atoms with Gasteiger partial charge in [0.05, 0.1) is 11.9 Å². The third-order valence-corrected chi connectivity index (χ3v) is 3.81. The van der Waals surface area contributed by atoms with Gasteiger partial charge in [0.25, 0.3) is 0 Å². The van der Waals surface area contributed by atoms with E-state index in [0.29, 0.717) is 19.5 Å². The average Bonchev–Trinajstić information content (AvgIpc) is 2.62. The molecule has 0 saturated heterocycles. The molecule has 1 N–H and O–H groups in total. The van der Waals surface area contributed by atoms with E-state index in [0.717, 1.165) is 17.0 Å². The molecular weight excluding hydrogens is 226 g/mol. The maximum Gasteiger partial charge on any atom is 0.211 e. The molecule has 16 heavy (non-hydrogen) atoms. The molecule has 6 heteroatoms. The number of aromatic amines is 1. The van der Waals surface area contributed by atoms with Gasteiger partial charge in [0, 0.05) is 30.8 Å². The molecule has 1 aliphatic rings. The molecule has 0 fully saturated rings. The molecule has 0 unspecified atom stereocenters. The van der Waals surface area contributed by atoms with Gasteiger partial charge in [-0.15, -0.1) is 0 Å². The molecule has 0 spiro atoms. The summed E-state index contributed by atoms with van der Waals surface area (Å²) in [5.41, 5.74) is 3.00. The van der Waals surface area contributed by atoms with Crippen LogP contribution >= 0.6 is 0 Å². The Morgan fingerprint density at radius 3 is 2.56 bits per heavy atom. The second-order valence-electron chi connectivity index (χ2n) is 3.62. The van der Waals surface area contributed by atoms with Gasteiger partial charge in [0.15, 0.2) is 0 Å². The predicted octanol–water partition coefficient (Wildman–Crippen LogP) is 1.06. The van der Waals surface area contributed by atoms with Crippen molar-refractivity contribution in [2.75, 3.05) is 12.8 Å². The van der Waals surface area contributed by atoms with Crippen LogP contribution < -0.4 is 0 Å². The minimum atomic E-state index is -3.07. The number of aromatic nitrogens is 2. The summed E-state index contributed by atoms with van der Waals surface area (Å²) < 4.78 is 24.1. The van der Waals surface area contributed by atoms with Gasteiger partial charge < -0.3 is 0 Å². The minimum Gasteiger partial charge on any atom is -0.282 e. The Hall–Kier alpha value is -0.880. The molecule has 1 aromatic heterocycles. The molecule has 0 radical (unpaired) electrons. The van der Waals surface area contributed by atoms with E-state index in [1.54, 1.807) is 0 Å². The van der Waals surface area contributed by atoms with E-state index in [9.17, 15) is 8.42 Å². The summed E-state index contributed by atoms with van der Waals surface area (Å²) in [7, 11) is -3.07. The maximum atomic E-state index is 11.3. The first-order valence-electron chi connectivity index (χ1n) is 5.46. The number of sulfonamides is 1. The molecule has 1 aromatic rings. The summed E-state index contributed by atoms with van der Waals surface area (Å²) in [6.45, 7) is 6.91. The van der Waals surface area contributed by atoms with Crippen molar-refractivity contribution in [3.63, 3.8) is 0 Å². The minimum absolute atomic E-state index is 0.455. The quantitative estimate of drug-likeness (QED) is 0.804. The van der Waals surface area contributed by atoms with Crippen LogP contribution in [-0.4, -0.2) is 35.7 Å². The molecule has 1 aliphatic heterocycles. The standard InChI is InChI=1S/C8H13N3O2S.C2H6/c1-6-7-5-11(14(2,12)13)4-3-8(7)10-9-6;1-2/h3-5H2,1-2H3,(H,9,10);1-2H3. The van der Waals surface area contributed by atoms with Crippen molar-refractivity contribution in [3.05, 3.63) is 17.0 Å².